The molecule has 0 saturated carbocycles. The Bertz CT molecular complexity index is 2360. The molecule has 5 heterocycles. The maximum atomic E-state index is 13.1. The summed E-state index contributed by atoms with van der Waals surface area (Å²) >= 11 is 4.89. The number of fused-ring (bicyclic) bond motifs is 7. The second-order valence-electron chi connectivity index (χ2n) is 12.9. The van der Waals surface area contributed by atoms with E-state index in [0.29, 0.717) is 10.7 Å². The number of carbonyl (C=O) groups is 4. The minimum absolute atomic E-state index is 0.0855. The average molecular weight is 679 g/mol. The van der Waals surface area contributed by atoms with Crippen molar-refractivity contribution in [1.82, 2.24) is 9.80 Å². The Balaban J connectivity index is 1.32. The normalized spacial score (nSPS) is 21.6. The van der Waals surface area contributed by atoms with E-state index in [2.05, 4.69) is 32.7 Å². The molecule has 0 N–H and O–H groups in total. The van der Waals surface area contributed by atoms with Gasteiger partial charge in [-0.05, 0) is 42.7 Å². The zero-order valence-electron chi connectivity index (χ0n) is 26.7. The predicted octanol–water partition coefficient (Wildman–Crippen LogP) is 6.15. The Kier molecular flexibility index (Phi) is 6.45. The van der Waals surface area contributed by atoms with E-state index in [1.54, 1.807) is 36.5 Å². The molecule has 3 aromatic rings. The number of likely N-dealkylation sites (N-methyl/N-ethyl adjacent to an activating group) is 2. The summed E-state index contributed by atoms with van der Waals surface area (Å²) < 4.78 is 2.35. The van der Waals surface area contributed by atoms with Crippen LogP contribution in [0.3, 0.4) is 0 Å². The average Bonchev–Trinajstić information content (AvgIpc) is 3.78. The summed E-state index contributed by atoms with van der Waals surface area (Å²) in [6.07, 6.45) is 2.01. The van der Waals surface area contributed by atoms with Gasteiger partial charge in [0.1, 0.15) is 39.7 Å². The van der Waals surface area contributed by atoms with Crippen molar-refractivity contribution in [3.05, 3.63) is 55.6 Å². The van der Waals surface area contributed by atoms with E-state index in [0.717, 1.165) is 40.3 Å². The summed E-state index contributed by atoms with van der Waals surface area (Å²) in [5, 5.41) is 19.7. The molecule has 47 heavy (non-hydrogen) atoms. The predicted molar refractivity (Wildman–Crippen MR) is 183 cm³/mol. The fourth-order valence-electron chi connectivity index (χ4n) is 6.65. The molecule has 234 valence electrons. The lowest BCUT2D eigenvalue weighted by molar-refractivity contribution is -0.138. The van der Waals surface area contributed by atoms with E-state index in [1.807, 2.05) is 24.3 Å². The zero-order valence-corrected chi connectivity index (χ0v) is 29.1. The Morgan fingerprint density at radius 3 is 1.79 bits per heavy atom. The van der Waals surface area contributed by atoms with E-state index in [4.69, 9.17) is 4.99 Å². The molecule has 7 rings (SSSR count). The number of amides is 4. The van der Waals surface area contributed by atoms with Gasteiger partial charge in [-0.25, -0.2) is 9.98 Å². The number of imide groups is 2. The maximum Gasteiger partial charge on any atom is 0.279 e. The third-order valence-electron chi connectivity index (χ3n) is 9.50. The van der Waals surface area contributed by atoms with Crippen LogP contribution in [0, 0.1) is 22.7 Å². The molecule has 0 bridgehead atoms. The molecule has 2 aliphatic carbocycles. The number of nitriles is 2. The van der Waals surface area contributed by atoms with Gasteiger partial charge >= 0.3 is 0 Å². The third kappa shape index (κ3) is 3.91. The minimum atomic E-state index is -0.627. The molecule has 13 heteroatoms. The van der Waals surface area contributed by atoms with Crippen LogP contribution in [0.25, 0.3) is 25.2 Å². The second-order valence-corrected chi connectivity index (χ2v) is 16.0. The summed E-state index contributed by atoms with van der Waals surface area (Å²) in [6, 6.07) is 5.84. The minimum Gasteiger partial charge on any atom is -0.276 e. The highest BCUT2D eigenvalue weighted by molar-refractivity contribution is 7.33. The topological polar surface area (TPSA) is 147 Å². The first-order valence-electron chi connectivity index (χ1n) is 14.6. The van der Waals surface area contributed by atoms with Gasteiger partial charge in [0.25, 0.3) is 23.6 Å². The number of carbonyl (C=O) groups excluding carboxylic acids is 4. The molecule has 0 unspecified atom stereocenters. The summed E-state index contributed by atoms with van der Waals surface area (Å²) in [7, 11) is 2.71. The van der Waals surface area contributed by atoms with Gasteiger partial charge < -0.3 is 0 Å². The van der Waals surface area contributed by atoms with Crippen molar-refractivity contribution in [3.8, 4) is 21.9 Å². The van der Waals surface area contributed by atoms with E-state index < -0.39 is 29.0 Å². The fraction of sp³-hybridized carbons (Fsp3) is 0.294. The molecule has 0 atom stereocenters. The van der Waals surface area contributed by atoms with Crippen molar-refractivity contribution < 1.29 is 19.2 Å². The number of hydrogen-bond acceptors (Lipinski definition) is 11. The van der Waals surface area contributed by atoms with Crippen molar-refractivity contribution in [3.63, 3.8) is 0 Å². The first kappa shape index (κ1) is 30.8. The van der Waals surface area contributed by atoms with Crippen LogP contribution >= 0.6 is 34.0 Å². The second kappa shape index (κ2) is 9.84. The van der Waals surface area contributed by atoms with Crippen LogP contribution in [-0.4, -0.2) is 58.9 Å². The highest BCUT2D eigenvalue weighted by Crippen LogP contribution is 2.63. The molecule has 0 fully saturated rings. The van der Waals surface area contributed by atoms with E-state index in [9.17, 15) is 29.7 Å². The monoisotopic (exact) mass is 678 g/mol. The summed E-state index contributed by atoms with van der Waals surface area (Å²) in [6.45, 7) is 11.7. The van der Waals surface area contributed by atoms with Crippen LogP contribution < -0.4 is 0 Å². The lowest BCUT2D eigenvalue weighted by atomic mass is 9.82. The SMILES string of the molecule is CC1=C(C#N)C(=O)N(C)C(=O)C1=NC1=Cc2sc3c4c(sc3c2C1(C)C)-c1sc(N=C2C(=O)N(C)C(=O)C(C#N)=C2C)cc1C4(C)C. The van der Waals surface area contributed by atoms with Crippen LogP contribution in [0.5, 0.6) is 0 Å². The van der Waals surface area contributed by atoms with Crippen molar-refractivity contribution in [2.24, 2.45) is 9.98 Å². The summed E-state index contributed by atoms with van der Waals surface area (Å²) in [5.74, 6) is -2.33. The van der Waals surface area contributed by atoms with Gasteiger partial charge in [0.2, 0.25) is 0 Å². The molecule has 0 spiro atoms. The highest BCUT2D eigenvalue weighted by atomic mass is 32.1. The number of rotatable bonds is 2. The van der Waals surface area contributed by atoms with Crippen LogP contribution in [0.4, 0.5) is 5.00 Å². The molecule has 0 aromatic carbocycles. The Hall–Kier alpha value is -4.82. The van der Waals surface area contributed by atoms with Gasteiger partial charge in [0, 0.05) is 40.9 Å². The molecule has 3 aromatic heterocycles. The molecule has 4 amide bonds. The molecule has 2 aliphatic heterocycles. The maximum absolute atomic E-state index is 13.1. The molecular weight excluding hydrogens is 653 g/mol. The highest BCUT2D eigenvalue weighted by Gasteiger charge is 2.46. The van der Waals surface area contributed by atoms with Crippen molar-refractivity contribution >= 4 is 89.5 Å². The third-order valence-corrected chi connectivity index (χ3v) is 13.2. The van der Waals surface area contributed by atoms with E-state index in [1.165, 1.54) is 35.7 Å². The van der Waals surface area contributed by atoms with Gasteiger partial charge in [0.15, 0.2) is 0 Å². The quantitative estimate of drug-likeness (QED) is 0.297. The Morgan fingerprint density at radius 1 is 0.702 bits per heavy atom. The van der Waals surface area contributed by atoms with Crippen molar-refractivity contribution in [2.45, 2.75) is 52.4 Å². The lowest BCUT2D eigenvalue weighted by Gasteiger charge is -2.25. The number of nitrogens with zero attached hydrogens (tertiary/aromatic N) is 6. The zero-order chi connectivity index (χ0) is 34.1. The van der Waals surface area contributed by atoms with Crippen molar-refractivity contribution in [2.75, 3.05) is 14.1 Å². The smallest absolute Gasteiger partial charge is 0.276 e. The van der Waals surface area contributed by atoms with Crippen molar-refractivity contribution in [1.29, 1.82) is 10.5 Å². The van der Waals surface area contributed by atoms with E-state index >= 15 is 0 Å². The van der Waals surface area contributed by atoms with Gasteiger partial charge in [-0.15, -0.1) is 34.0 Å². The van der Waals surface area contributed by atoms with Gasteiger partial charge in [-0.1, -0.05) is 27.7 Å². The van der Waals surface area contributed by atoms with Crippen LogP contribution in [0.15, 0.2) is 44.0 Å². The number of allylic oxidation sites excluding steroid dienone is 1. The number of aliphatic imine (C=N–C) groups is 2. The molecule has 0 saturated heterocycles. The van der Waals surface area contributed by atoms with Gasteiger partial charge in [-0.2, -0.15) is 10.5 Å². The first-order valence-corrected chi connectivity index (χ1v) is 17.0. The number of hydrogen-bond donors (Lipinski definition) is 0. The largest absolute Gasteiger partial charge is 0.279 e. The summed E-state index contributed by atoms with van der Waals surface area (Å²) in [5.41, 5.74) is 3.84. The van der Waals surface area contributed by atoms with E-state index in [-0.39, 0.29) is 39.1 Å². The summed E-state index contributed by atoms with van der Waals surface area (Å²) in [4.78, 5) is 65.6. The molecule has 10 nitrogen and oxygen atoms in total. The first-order chi connectivity index (χ1) is 22.1. The Labute approximate surface area is 281 Å². The fourth-order valence-corrected chi connectivity index (χ4v) is 11.5. The molecular formula is C34H26N6O4S3. The van der Waals surface area contributed by atoms with Crippen LogP contribution in [0.2, 0.25) is 0 Å². The molecule has 4 aliphatic rings. The standard InChI is InChI=1S/C34H26N6O4S3/c1-13-15(11-35)29(41)39(7)31(43)23(13)37-19-10-18-21(34(19,5)6)26-28(45-18)22-27(47-26)25-17(33(22,3)4)9-20(46-25)38-24-14(2)16(12-36)30(42)40(8)32(24)44/h9-10H,1-8H3. The van der Waals surface area contributed by atoms with Crippen LogP contribution in [0.1, 0.15) is 63.1 Å². The van der Waals surface area contributed by atoms with Gasteiger partial charge in [0.05, 0.1) is 24.9 Å². The molecule has 0 radical (unpaired) electrons. The Morgan fingerprint density at radius 2 is 1.23 bits per heavy atom. The van der Waals surface area contributed by atoms with Crippen LogP contribution in [-0.2, 0) is 30.0 Å². The van der Waals surface area contributed by atoms with Gasteiger partial charge in [-0.3, -0.25) is 29.0 Å². The number of thiophene rings is 3. The lowest BCUT2D eigenvalue weighted by Crippen LogP contribution is -2.44.